The lowest BCUT2D eigenvalue weighted by Gasteiger charge is -1.92. The van der Waals surface area contributed by atoms with Crippen LogP contribution in [0.5, 0.6) is 5.75 Å². The topological polar surface area (TPSA) is 108 Å². The molecule has 0 aliphatic carbocycles. The molecule has 2 N–H and O–H groups in total. The van der Waals surface area contributed by atoms with Gasteiger partial charge in [-0.1, -0.05) is 18.2 Å². The minimum atomic E-state index is 0.412. The van der Waals surface area contributed by atoms with E-state index in [-0.39, 0.29) is 0 Å². The van der Waals surface area contributed by atoms with E-state index in [1.165, 1.54) is 0 Å². The molecule has 0 amide bonds. The number of nitrogens with one attached hydrogen (secondary N) is 2. The average Bonchev–Trinajstić information content (AvgIpc) is 2.22. The zero-order valence-electron chi connectivity index (χ0n) is 7.60. The van der Waals surface area contributed by atoms with Crippen LogP contribution in [0.3, 0.4) is 0 Å². The monoisotopic (exact) mass is 208 g/mol. The van der Waals surface area contributed by atoms with Crippen LogP contribution in [0.15, 0.2) is 30.3 Å². The summed E-state index contributed by atoms with van der Waals surface area (Å²) in [5.41, 5.74) is 0. The van der Waals surface area contributed by atoms with Crippen molar-refractivity contribution in [1.29, 1.82) is 10.8 Å². The highest BCUT2D eigenvalue weighted by Gasteiger charge is 1.84. The maximum absolute atomic E-state index is 9.75. The lowest BCUT2D eigenvalue weighted by Crippen LogP contribution is -1.85. The SMILES string of the molecule is N=C=O.N=C=O.O=COc1ccccc1. The van der Waals surface area contributed by atoms with Crippen molar-refractivity contribution in [3.63, 3.8) is 0 Å². The molecule has 15 heavy (non-hydrogen) atoms. The van der Waals surface area contributed by atoms with E-state index in [9.17, 15) is 4.79 Å². The maximum Gasteiger partial charge on any atom is 0.298 e. The number of hydrogen-bond donors (Lipinski definition) is 2. The Labute approximate surface area is 85.5 Å². The molecule has 0 atom stereocenters. The van der Waals surface area contributed by atoms with Crippen molar-refractivity contribution in [2.45, 2.75) is 0 Å². The molecule has 0 aromatic heterocycles. The van der Waals surface area contributed by atoms with Crippen LogP contribution in [0, 0.1) is 10.8 Å². The minimum Gasteiger partial charge on any atom is -0.429 e. The molecule has 1 aromatic carbocycles. The normalized spacial score (nSPS) is 6.13. The molecule has 1 rings (SSSR count). The third-order valence-corrected chi connectivity index (χ3v) is 0.927. The van der Waals surface area contributed by atoms with Gasteiger partial charge in [0, 0.05) is 0 Å². The van der Waals surface area contributed by atoms with E-state index in [1.807, 2.05) is 6.07 Å². The molecule has 0 fully saturated rings. The first-order chi connectivity index (χ1) is 7.26. The highest BCUT2D eigenvalue weighted by atomic mass is 16.5. The number of hydrogen-bond acceptors (Lipinski definition) is 6. The number of carbonyl (C=O) groups excluding carboxylic acids is 3. The van der Waals surface area contributed by atoms with Crippen molar-refractivity contribution >= 4 is 18.6 Å². The van der Waals surface area contributed by atoms with Crippen LogP contribution in [0.1, 0.15) is 0 Å². The van der Waals surface area contributed by atoms with E-state index >= 15 is 0 Å². The van der Waals surface area contributed by atoms with Crippen LogP contribution in [-0.2, 0) is 14.4 Å². The molecule has 0 saturated heterocycles. The van der Waals surface area contributed by atoms with Gasteiger partial charge in [0.25, 0.3) is 6.47 Å². The van der Waals surface area contributed by atoms with Crippen LogP contribution in [0.4, 0.5) is 0 Å². The summed E-state index contributed by atoms with van der Waals surface area (Å²) in [6, 6.07) is 8.90. The highest BCUT2D eigenvalue weighted by molar-refractivity contribution is 5.44. The van der Waals surface area contributed by atoms with Crippen molar-refractivity contribution in [2.24, 2.45) is 0 Å². The Morgan fingerprint density at radius 2 is 1.47 bits per heavy atom. The van der Waals surface area contributed by atoms with Crippen LogP contribution < -0.4 is 4.74 Å². The summed E-state index contributed by atoms with van der Waals surface area (Å²) in [5.74, 6) is 0.576. The Kier molecular flexibility index (Phi) is 14.0. The van der Waals surface area contributed by atoms with Crippen molar-refractivity contribution in [3.8, 4) is 5.75 Å². The number of ether oxygens (including phenoxy) is 1. The van der Waals surface area contributed by atoms with Gasteiger partial charge in [0.05, 0.1) is 0 Å². The van der Waals surface area contributed by atoms with Gasteiger partial charge in [-0.15, -0.1) is 0 Å². The van der Waals surface area contributed by atoms with Crippen LogP contribution in [-0.4, -0.2) is 18.6 Å². The second kappa shape index (κ2) is 14.0. The molecule has 0 radical (unpaired) electrons. The third-order valence-electron chi connectivity index (χ3n) is 0.927. The van der Waals surface area contributed by atoms with Gasteiger partial charge < -0.3 is 4.74 Å². The minimum absolute atomic E-state index is 0.412. The highest BCUT2D eigenvalue weighted by Crippen LogP contribution is 2.05. The Bertz CT molecular complexity index is 313. The molecule has 1 aromatic rings. The summed E-state index contributed by atoms with van der Waals surface area (Å²) in [7, 11) is 0. The van der Waals surface area contributed by atoms with Crippen molar-refractivity contribution in [1.82, 2.24) is 0 Å². The fraction of sp³-hybridized carbons (Fsp3) is 0. The van der Waals surface area contributed by atoms with Gasteiger partial charge in [0.1, 0.15) is 5.75 Å². The Balaban J connectivity index is 0. The van der Waals surface area contributed by atoms with Gasteiger partial charge in [-0.2, -0.15) is 0 Å². The first-order valence-corrected chi connectivity index (χ1v) is 3.49. The van der Waals surface area contributed by atoms with Gasteiger partial charge in [-0.05, 0) is 12.1 Å². The molecule has 0 aliphatic heterocycles. The fourth-order valence-electron chi connectivity index (χ4n) is 0.555. The van der Waals surface area contributed by atoms with Crippen LogP contribution in [0.25, 0.3) is 0 Å². The molecule has 0 saturated carbocycles. The van der Waals surface area contributed by atoms with Gasteiger partial charge in [0.2, 0.25) is 12.2 Å². The molecule has 0 bridgehead atoms. The maximum atomic E-state index is 9.75. The van der Waals surface area contributed by atoms with Gasteiger partial charge in [-0.25, -0.2) is 20.4 Å². The molecule has 0 aliphatic rings. The molecule has 6 heteroatoms. The molecule has 0 spiro atoms. The largest absolute Gasteiger partial charge is 0.429 e. The second-order valence-corrected chi connectivity index (χ2v) is 1.73. The van der Waals surface area contributed by atoms with Gasteiger partial charge in [0.15, 0.2) is 0 Å². The van der Waals surface area contributed by atoms with Gasteiger partial charge in [-0.3, -0.25) is 4.79 Å². The molecule has 6 nitrogen and oxygen atoms in total. The Morgan fingerprint density at radius 1 is 1.07 bits per heavy atom. The standard InChI is InChI=1S/C7H6O2.2CHNO/c8-6-9-7-4-2-1-3-5-7;2*2-1-3/h1-6H;2*2H. The zero-order chi connectivity index (χ0) is 11.9. The van der Waals surface area contributed by atoms with E-state index in [4.69, 9.17) is 20.4 Å². The average molecular weight is 208 g/mol. The summed E-state index contributed by atoms with van der Waals surface area (Å²) >= 11 is 0. The fourth-order valence-corrected chi connectivity index (χ4v) is 0.555. The van der Waals surface area contributed by atoms with Crippen molar-refractivity contribution in [2.75, 3.05) is 0 Å². The van der Waals surface area contributed by atoms with E-state index in [2.05, 4.69) is 4.74 Å². The van der Waals surface area contributed by atoms with E-state index in [1.54, 1.807) is 24.3 Å². The summed E-state index contributed by atoms with van der Waals surface area (Å²) in [6.45, 7) is 0.412. The number of para-hydroxylation sites is 1. The Morgan fingerprint density at radius 3 is 1.80 bits per heavy atom. The summed E-state index contributed by atoms with van der Waals surface area (Å²) < 4.78 is 4.53. The van der Waals surface area contributed by atoms with Gasteiger partial charge >= 0.3 is 0 Å². The van der Waals surface area contributed by atoms with E-state index in [0.29, 0.717) is 12.2 Å². The Hall–Kier alpha value is -2.55. The van der Waals surface area contributed by atoms with E-state index < -0.39 is 0 Å². The predicted octanol–water partition coefficient (Wildman–Crippen LogP) is 1.02. The zero-order valence-corrected chi connectivity index (χ0v) is 7.60. The number of benzene rings is 1. The molecular weight excluding hydrogens is 200 g/mol. The molecule has 78 valence electrons. The van der Waals surface area contributed by atoms with Crippen molar-refractivity contribution < 1.29 is 19.1 Å². The lowest BCUT2D eigenvalue weighted by molar-refractivity contribution is -0.120. The third kappa shape index (κ3) is 14.3. The predicted molar refractivity (Wildman–Crippen MR) is 50.0 cm³/mol. The van der Waals surface area contributed by atoms with Crippen LogP contribution in [0.2, 0.25) is 0 Å². The summed E-state index contributed by atoms with van der Waals surface area (Å²) in [6.07, 6.45) is 1.50. The smallest absolute Gasteiger partial charge is 0.298 e. The summed E-state index contributed by atoms with van der Waals surface area (Å²) in [4.78, 5) is 26.4. The molecular formula is C9H8N2O4. The first-order valence-electron chi connectivity index (χ1n) is 3.49. The van der Waals surface area contributed by atoms with E-state index in [0.717, 1.165) is 12.2 Å². The second-order valence-electron chi connectivity index (χ2n) is 1.73. The first kappa shape index (κ1) is 14.9. The number of carbonyl (C=O) groups is 1. The quantitative estimate of drug-likeness (QED) is 0.429. The number of rotatable bonds is 2. The molecule has 0 heterocycles. The van der Waals surface area contributed by atoms with Crippen LogP contribution >= 0.6 is 0 Å². The lowest BCUT2D eigenvalue weighted by atomic mass is 10.3. The van der Waals surface area contributed by atoms with Crippen molar-refractivity contribution in [3.05, 3.63) is 30.3 Å². The summed E-state index contributed by atoms with van der Waals surface area (Å²) in [5, 5.41) is 10.8. The molecule has 0 unspecified atom stereocenters. The number of isocyanates is 2.